The van der Waals surface area contributed by atoms with Crippen molar-refractivity contribution in [2.75, 3.05) is 11.1 Å². The number of pyridine rings is 2. The number of aryl methyl sites for hydroxylation is 1. The second-order valence-electron chi connectivity index (χ2n) is 3.69. The first-order valence-corrected chi connectivity index (χ1v) is 6.01. The molecule has 0 bridgehead atoms. The fourth-order valence-electron chi connectivity index (χ4n) is 1.43. The van der Waals surface area contributed by atoms with Crippen molar-refractivity contribution in [2.24, 2.45) is 0 Å². The van der Waals surface area contributed by atoms with Crippen molar-refractivity contribution >= 4 is 33.3 Å². The molecule has 0 aliphatic rings. The lowest BCUT2D eigenvalue weighted by Crippen LogP contribution is -2.15. The van der Waals surface area contributed by atoms with Crippen LogP contribution in [0.2, 0.25) is 0 Å². The van der Waals surface area contributed by atoms with E-state index in [0.717, 1.165) is 0 Å². The van der Waals surface area contributed by atoms with Gasteiger partial charge in [0.05, 0.1) is 27.6 Å². The van der Waals surface area contributed by atoms with E-state index in [4.69, 9.17) is 5.73 Å². The lowest BCUT2D eigenvalue weighted by Gasteiger charge is -2.08. The van der Waals surface area contributed by atoms with Crippen molar-refractivity contribution in [3.05, 3.63) is 46.3 Å². The molecule has 2 aromatic rings. The lowest BCUT2D eigenvalue weighted by molar-refractivity contribution is 0.102. The fourth-order valence-corrected chi connectivity index (χ4v) is 1.79. The number of carbonyl (C=O) groups is 1. The molecule has 5 nitrogen and oxygen atoms in total. The maximum Gasteiger partial charge on any atom is 0.258 e. The van der Waals surface area contributed by atoms with Gasteiger partial charge in [0.25, 0.3) is 5.91 Å². The number of halogens is 1. The molecule has 0 radical (unpaired) electrons. The van der Waals surface area contributed by atoms with Gasteiger partial charge in [-0.25, -0.2) is 4.98 Å². The summed E-state index contributed by atoms with van der Waals surface area (Å²) in [6, 6.07) is 5.16. The van der Waals surface area contributed by atoms with Crippen LogP contribution in [-0.2, 0) is 0 Å². The maximum atomic E-state index is 12.1. The van der Waals surface area contributed by atoms with Gasteiger partial charge in [0.1, 0.15) is 5.82 Å². The molecule has 0 aliphatic carbocycles. The molecule has 92 valence electrons. The molecule has 0 atom stereocenters. The quantitative estimate of drug-likeness (QED) is 0.892. The van der Waals surface area contributed by atoms with Crippen LogP contribution < -0.4 is 11.1 Å². The second kappa shape index (κ2) is 5.14. The van der Waals surface area contributed by atoms with Gasteiger partial charge in [0.15, 0.2) is 0 Å². The highest BCUT2D eigenvalue weighted by atomic mass is 79.9. The summed E-state index contributed by atoms with van der Waals surface area (Å²) in [7, 11) is 0. The number of anilines is 2. The van der Waals surface area contributed by atoms with Gasteiger partial charge in [-0.1, -0.05) is 0 Å². The molecule has 2 aromatic heterocycles. The third kappa shape index (κ3) is 2.65. The number of hydrogen-bond donors (Lipinski definition) is 2. The van der Waals surface area contributed by atoms with E-state index in [1.54, 1.807) is 31.3 Å². The van der Waals surface area contributed by atoms with E-state index in [0.29, 0.717) is 27.2 Å². The van der Waals surface area contributed by atoms with E-state index >= 15 is 0 Å². The monoisotopic (exact) mass is 306 g/mol. The molecule has 2 rings (SSSR count). The minimum absolute atomic E-state index is 0.285. The summed E-state index contributed by atoms with van der Waals surface area (Å²) in [5.41, 5.74) is 7.13. The lowest BCUT2D eigenvalue weighted by atomic mass is 10.2. The zero-order valence-corrected chi connectivity index (χ0v) is 11.2. The molecule has 0 aliphatic heterocycles. The summed E-state index contributed by atoms with van der Waals surface area (Å²) in [5.74, 6) is 0.177. The van der Waals surface area contributed by atoms with E-state index in [9.17, 15) is 4.79 Å². The first kappa shape index (κ1) is 12.5. The van der Waals surface area contributed by atoms with Crippen molar-refractivity contribution in [1.82, 2.24) is 9.97 Å². The summed E-state index contributed by atoms with van der Waals surface area (Å²) >= 11 is 3.31. The number of nitrogens with zero attached hydrogens (tertiary/aromatic N) is 2. The van der Waals surface area contributed by atoms with E-state index in [-0.39, 0.29) is 5.91 Å². The average molecular weight is 307 g/mol. The molecule has 3 N–H and O–H groups in total. The summed E-state index contributed by atoms with van der Waals surface area (Å²) in [5, 5.41) is 2.70. The summed E-state index contributed by atoms with van der Waals surface area (Å²) < 4.78 is 0.716. The van der Waals surface area contributed by atoms with Gasteiger partial charge in [-0.2, -0.15) is 0 Å². The SMILES string of the molecule is Cc1ncc(N)cc1C(=O)Nc1ncccc1Br. The third-order valence-corrected chi connectivity index (χ3v) is 2.98. The fraction of sp³-hybridized carbons (Fsp3) is 0.0833. The summed E-state index contributed by atoms with van der Waals surface area (Å²) in [6.45, 7) is 1.75. The smallest absolute Gasteiger partial charge is 0.258 e. The Morgan fingerprint density at radius 2 is 2.22 bits per heavy atom. The van der Waals surface area contributed by atoms with Crippen LogP contribution >= 0.6 is 15.9 Å². The zero-order valence-electron chi connectivity index (χ0n) is 9.64. The van der Waals surface area contributed by atoms with Crippen LogP contribution in [0.5, 0.6) is 0 Å². The summed E-state index contributed by atoms with van der Waals surface area (Å²) in [4.78, 5) is 20.2. The molecule has 2 heterocycles. The number of rotatable bonds is 2. The molecular formula is C12H11BrN4O. The standard InChI is InChI=1S/C12H11BrN4O/c1-7-9(5-8(14)6-16-7)12(18)17-11-10(13)3-2-4-15-11/h2-6H,14H2,1H3,(H,15,17,18). The van der Waals surface area contributed by atoms with Gasteiger partial charge in [-0.3, -0.25) is 9.78 Å². The topological polar surface area (TPSA) is 80.9 Å². The number of nitrogen functional groups attached to an aromatic ring is 1. The first-order valence-electron chi connectivity index (χ1n) is 5.22. The number of hydrogen-bond acceptors (Lipinski definition) is 4. The molecule has 1 amide bonds. The zero-order chi connectivity index (χ0) is 13.1. The highest BCUT2D eigenvalue weighted by molar-refractivity contribution is 9.10. The number of carbonyl (C=O) groups excluding carboxylic acids is 1. The number of nitrogens with two attached hydrogens (primary N) is 1. The maximum absolute atomic E-state index is 12.1. The van der Waals surface area contributed by atoms with Crippen LogP contribution in [0.4, 0.5) is 11.5 Å². The van der Waals surface area contributed by atoms with E-state index in [2.05, 4.69) is 31.2 Å². The van der Waals surface area contributed by atoms with Gasteiger partial charge in [-0.15, -0.1) is 0 Å². The van der Waals surface area contributed by atoms with Crippen molar-refractivity contribution in [2.45, 2.75) is 6.92 Å². The molecule has 0 spiro atoms. The Balaban J connectivity index is 2.28. The normalized spacial score (nSPS) is 10.1. The Hall–Kier alpha value is -1.95. The molecule has 0 saturated carbocycles. The Morgan fingerprint density at radius 1 is 1.44 bits per heavy atom. The van der Waals surface area contributed by atoms with Crippen LogP contribution in [0.3, 0.4) is 0 Å². The van der Waals surface area contributed by atoms with Crippen molar-refractivity contribution in [1.29, 1.82) is 0 Å². The van der Waals surface area contributed by atoms with Gasteiger partial charge < -0.3 is 11.1 Å². The highest BCUT2D eigenvalue weighted by Gasteiger charge is 2.12. The van der Waals surface area contributed by atoms with Crippen LogP contribution in [-0.4, -0.2) is 15.9 Å². The third-order valence-electron chi connectivity index (χ3n) is 2.34. The van der Waals surface area contributed by atoms with Gasteiger partial charge in [0, 0.05) is 6.20 Å². The van der Waals surface area contributed by atoms with Gasteiger partial charge in [-0.05, 0) is 41.1 Å². The van der Waals surface area contributed by atoms with Gasteiger partial charge in [0.2, 0.25) is 0 Å². The van der Waals surface area contributed by atoms with Crippen molar-refractivity contribution in [3.8, 4) is 0 Å². The van der Waals surface area contributed by atoms with E-state index in [1.165, 1.54) is 6.20 Å². The van der Waals surface area contributed by atoms with Crippen molar-refractivity contribution in [3.63, 3.8) is 0 Å². The minimum Gasteiger partial charge on any atom is -0.397 e. The molecule has 0 saturated heterocycles. The summed E-state index contributed by atoms with van der Waals surface area (Å²) in [6.07, 6.45) is 3.12. The number of nitrogens with one attached hydrogen (secondary N) is 1. The Kier molecular flexibility index (Phi) is 3.57. The second-order valence-corrected chi connectivity index (χ2v) is 4.54. The molecule has 18 heavy (non-hydrogen) atoms. The first-order chi connectivity index (χ1) is 8.58. The predicted molar refractivity (Wildman–Crippen MR) is 73.3 cm³/mol. The van der Waals surface area contributed by atoms with Crippen LogP contribution in [0, 0.1) is 6.92 Å². The van der Waals surface area contributed by atoms with E-state index in [1.807, 2.05) is 0 Å². The Bertz CT molecular complexity index is 600. The average Bonchev–Trinajstić information content (AvgIpc) is 2.35. The highest BCUT2D eigenvalue weighted by Crippen LogP contribution is 2.19. The number of amides is 1. The van der Waals surface area contributed by atoms with Gasteiger partial charge >= 0.3 is 0 Å². The largest absolute Gasteiger partial charge is 0.397 e. The minimum atomic E-state index is -0.285. The van der Waals surface area contributed by atoms with E-state index < -0.39 is 0 Å². The Morgan fingerprint density at radius 3 is 2.94 bits per heavy atom. The van der Waals surface area contributed by atoms with Crippen LogP contribution in [0.1, 0.15) is 16.1 Å². The van der Waals surface area contributed by atoms with Crippen molar-refractivity contribution < 1.29 is 4.79 Å². The van der Waals surface area contributed by atoms with Crippen LogP contribution in [0.15, 0.2) is 35.1 Å². The molecule has 6 heteroatoms. The molecule has 0 fully saturated rings. The van der Waals surface area contributed by atoms with Crippen LogP contribution in [0.25, 0.3) is 0 Å². The molecule has 0 aromatic carbocycles. The number of aromatic nitrogens is 2. The predicted octanol–water partition coefficient (Wildman–Crippen LogP) is 2.38. The molecule has 0 unspecified atom stereocenters. The molecular weight excluding hydrogens is 296 g/mol. The Labute approximate surface area is 113 Å².